The van der Waals surface area contributed by atoms with E-state index < -0.39 is 11.6 Å². The topological polar surface area (TPSA) is 0 Å². The van der Waals surface area contributed by atoms with Crippen LogP contribution in [0.3, 0.4) is 0 Å². The third-order valence-corrected chi connectivity index (χ3v) is 3.08. The van der Waals surface area contributed by atoms with Gasteiger partial charge < -0.3 is 0 Å². The number of alkyl halides is 3. The van der Waals surface area contributed by atoms with Gasteiger partial charge in [0.15, 0.2) is 0 Å². The van der Waals surface area contributed by atoms with Gasteiger partial charge in [0.2, 0.25) is 0 Å². The summed E-state index contributed by atoms with van der Waals surface area (Å²) in [5.74, 6) is -0.303. The fraction of sp³-hybridized carbons (Fsp3) is 1.00. The van der Waals surface area contributed by atoms with E-state index in [-0.39, 0.29) is 12.3 Å². The van der Waals surface area contributed by atoms with Crippen molar-refractivity contribution in [1.82, 2.24) is 0 Å². The van der Waals surface area contributed by atoms with Gasteiger partial charge in [-0.1, -0.05) is 34.1 Å². The van der Waals surface area contributed by atoms with Crippen LogP contribution in [0.25, 0.3) is 0 Å². The summed E-state index contributed by atoms with van der Waals surface area (Å²) in [6.45, 7) is 6.36. The Labute approximate surface area is 72.2 Å². The molecular formula is C9H17F3. The van der Waals surface area contributed by atoms with Crippen molar-refractivity contribution in [2.75, 3.05) is 0 Å². The third kappa shape index (κ3) is 1.93. The molecule has 0 aromatic heterocycles. The van der Waals surface area contributed by atoms with Crippen LogP contribution in [-0.4, -0.2) is 6.18 Å². The molecular weight excluding hydrogens is 165 g/mol. The summed E-state index contributed by atoms with van der Waals surface area (Å²) in [5.41, 5.74) is -1.51. The smallest absolute Gasteiger partial charge is 0.171 e. The predicted molar refractivity (Wildman–Crippen MR) is 43.9 cm³/mol. The Morgan fingerprint density at radius 3 is 1.67 bits per heavy atom. The minimum absolute atomic E-state index is 0.158. The molecule has 0 aliphatic rings. The van der Waals surface area contributed by atoms with Crippen LogP contribution < -0.4 is 0 Å². The molecule has 0 amide bonds. The molecule has 0 N–H and O–H groups in total. The molecule has 12 heavy (non-hydrogen) atoms. The lowest BCUT2D eigenvalue weighted by molar-refractivity contribution is -0.236. The lowest BCUT2D eigenvalue weighted by atomic mass is 9.74. The summed E-state index contributed by atoms with van der Waals surface area (Å²) in [6, 6.07) is 0. The molecule has 0 aromatic carbocycles. The second-order valence-electron chi connectivity index (χ2n) is 3.58. The second-order valence-corrected chi connectivity index (χ2v) is 3.58. The van der Waals surface area contributed by atoms with E-state index in [0.717, 1.165) is 0 Å². The Morgan fingerprint density at radius 2 is 1.58 bits per heavy atom. The van der Waals surface area contributed by atoms with Gasteiger partial charge in [0.25, 0.3) is 0 Å². The third-order valence-electron chi connectivity index (χ3n) is 3.08. The highest BCUT2D eigenvalue weighted by Gasteiger charge is 2.52. The Morgan fingerprint density at radius 1 is 1.17 bits per heavy atom. The van der Waals surface area contributed by atoms with E-state index in [0.29, 0.717) is 6.42 Å². The Bertz CT molecular complexity index is 139. The van der Waals surface area contributed by atoms with Gasteiger partial charge in [-0.25, -0.2) is 0 Å². The van der Waals surface area contributed by atoms with Crippen molar-refractivity contribution in [3.63, 3.8) is 0 Å². The quantitative estimate of drug-likeness (QED) is 0.618. The summed E-state index contributed by atoms with van der Waals surface area (Å²) in [4.78, 5) is 0. The second kappa shape index (κ2) is 3.67. The van der Waals surface area contributed by atoms with Gasteiger partial charge in [0, 0.05) is 0 Å². The van der Waals surface area contributed by atoms with Crippen molar-refractivity contribution in [1.29, 1.82) is 0 Å². The molecule has 74 valence electrons. The number of hydrogen-bond donors (Lipinski definition) is 0. The Hall–Kier alpha value is -0.210. The highest BCUT2D eigenvalue weighted by molar-refractivity contribution is 4.84. The van der Waals surface area contributed by atoms with Crippen LogP contribution in [0.1, 0.15) is 40.5 Å². The number of halogens is 3. The van der Waals surface area contributed by atoms with Crippen molar-refractivity contribution in [3.8, 4) is 0 Å². The van der Waals surface area contributed by atoms with E-state index >= 15 is 0 Å². The zero-order valence-electron chi connectivity index (χ0n) is 8.13. The highest BCUT2D eigenvalue weighted by atomic mass is 19.4. The molecule has 0 saturated heterocycles. The molecule has 0 rings (SSSR count). The minimum Gasteiger partial charge on any atom is -0.171 e. The summed E-state index contributed by atoms with van der Waals surface area (Å²) in [7, 11) is 0. The largest absolute Gasteiger partial charge is 0.394 e. The maximum Gasteiger partial charge on any atom is 0.394 e. The normalized spacial score (nSPS) is 20.2. The van der Waals surface area contributed by atoms with Gasteiger partial charge in [-0.05, 0) is 12.3 Å². The molecule has 0 heterocycles. The first-order chi connectivity index (χ1) is 5.29. The maximum absolute atomic E-state index is 12.5. The van der Waals surface area contributed by atoms with E-state index in [2.05, 4.69) is 0 Å². The molecule has 0 aliphatic carbocycles. The molecule has 0 spiro atoms. The van der Waals surface area contributed by atoms with Crippen molar-refractivity contribution in [2.24, 2.45) is 11.3 Å². The zero-order valence-corrected chi connectivity index (χ0v) is 8.13. The monoisotopic (exact) mass is 182 g/mol. The lowest BCUT2D eigenvalue weighted by Crippen LogP contribution is -2.40. The average molecular weight is 182 g/mol. The maximum atomic E-state index is 12.5. The Balaban J connectivity index is 4.67. The molecule has 0 bridgehead atoms. The van der Waals surface area contributed by atoms with Gasteiger partial charge in [-0.15, -0.1) is 0 Å². The van der Waals surface area contributed by atoms with E-state index in [1.54, 1.807) is 20.8 Å². The summed E-state index contributed by atoms with van der Waals surface area (Å²) < 4.78 is 37.6. The van der Waals surface area contributed by atoms with Crippen LogP contribution in [0, 0.1) is 11.3 Å². The van der Waals surface area contributed by atoms with Gasteiger partial charge in [-0.3, -0.25) is 0 Å². The van der Waals surface area contributed by atoms with Crippen LogP contribution in [0.15, 0.2) is 0 Å². The van der Waals surface area contributed by atoms with Crippen molar-refractivity contribution >= 4 is 0 Å². The first-order valence-electron chi connectivity index (χ1n) is 4.36. The standard InChI is InChI=1S/C9H17F3/c1-5-7(3)8(4,6-2)9(10,11)12/h7H,5-6H2,1-4H3. The van der Waals surface area contributed by atoms with E-state index in [9.17, 15) is 13.2 Å². The van der Waals surface area contributed by atoms with Gasteiger partial charge in [-0.2, -0.15) is 13.2 Å². The first-order valence-corrected chi connectivity index (χ1v) is 4.36. The molecule has 3 heteroatoms. The van der Waals surface area contributed by atoms with E-state index in [4.69, 9.17) is 0 Å². The molecule has 0 nitrogen and oxygen atoms in total. The molecule has 0 aliphatic heterocycles. The van der Waals surface area contributed by atoms with Crippen LogP contribution in [0.5, 0.6) is 0 Å². The SMILES string of the molecule is CCC(C)C(C)(CC)C(F)(F)F. The van der Waals surface area contributed by atoms with E-state index in [1.807, 2.05) is 0 Å². The summed E-state index contributed by atoms with van der Waals surface area (Å²) in [5, 5.41) is 0. The summed E-state index contributed by atoms with van der Waals surface area (Å²) >= 11 is 0. The molecule has 0 saturated carbocycles. The van der Waals surface area contributed by atoms with Crippen molar-refractivity contribution < 1.29 is 13.2 Å². The van der Waals surface area contributed by atoms with Crippen molar-refractivity contribution in [2.45, 2.75) is 46.7 Å². The van der Waals surface area contributed by atoms with Crippen LogP contribution in [0.4, 0.5) is 13.2 Å². The molecule has 0 aromatic rings. The van der Waals surface area contributed by atoms with Gasteiger partial charge in [0.1, 0.15) is 0 Å². The van der Waals surface area contributed by atoms with E-state index in [1.165, 1.54) is 6.92 Å². The predicted octanol–water partition coefficient (Wildman–Crippen LogP) is 4.01. The number of hydrogen-bond acceptors (Lipinski definition) is 0. The molecule has 2 unspecified atom stereocenters. The van der Waals surface area contributed by atoms with Gasteiger partial charge in [0.05, 0.1) is 5.41 Å². The molecule has 0 radical (unpaired) electrons. The first kappa shape index (κ1) is 11.8. The fourth-order valence-corrected chi connectivity index (χ4v) is 1.28. The van der Waals surface area contributed by atoms with Crippen LogP contribution in [0.2, 0.25) is 0 Å². The van der Waals surface area contributed by atoms with Crippen molar-refractivity contribution in [3.05, 3.63) is 0 Å². The molecule has 0 fully saturated rings. The van der Waals surface area contributed by atoms with Gasteiger partial charge >= 0.3 is 6.18 Å². The lowest BCUT2D eigenvalue weighted by Gasteiger charge is -2.36. The number of rotatable bonds is 3. The Kier molecular flexibility index (Phi) is 3.60. The fourth-order valence-electron chi connectivity index (χ4n) is 1.28. The van der Waals surface area contributed by atoms with Crippen LogP contribution in [-0.2, 0) is 0 Å². The summed E-state index contributed by atoms with van der Waals surface area (Å²) in [6.07, 6.45) is -3.34. The molecule has 2 atom stereocenters. The minimum atomic E-state index is -4.07. The van der Waals surface area contributed by atoms with Crippen LogP contribution >= 0.6 is 0 Å². The highest BCUT2D eigenvalue weighted by Crippen LogP contribution is 2.47. The zero-order chi connectivity index (χ0) is 9.99. The average Bonchev–Trinajstić information content (AvgIpc) is 1.99.